The second-order valence-corrected chi connectivity index (χ2v) is 9.25. The molecule has 1 aliphatic rings. The number of aromatic nitrogens is 4. The molecule has 0 saturated carbocycles. The van der Waals surface area contributed by atoms with E-state index in [4.69, 9.17) is 0 Å². The molecule has 6 nitrogen and oxygen atoms in total. The minimum atomic E-state index is 0.0829. The highest BCUT2D eigenvalue weighted by atomic mass is 32.2. The van der Waals surface area contributed by atoms with Gasteiger partial charge in [0.25, 0.3) is 0 Å². The zero-order valence-corrected chi connectivity index (χ0v) is 19.5. The Morgan fingerprint density at radius 2 is 1.79 bits per heavy atom. The number of nitrogens with zero attached hydrogens (tertiary/aromatic N) is 5. The number of rotatable bonds is 6. The fourth-order valence-corrected chi connectivity index (χ4v) is 5.06. The molecular formula is C26H25N5OS. The van der Waals surface area contributed by atoms with Gasteiger partial charge in [0.15, 0.2) is 11.0 Å². The zero-order valence-electron chi connectivity index (χ0n) is 18.7. The fraction of sp³-hybridized carbons (Fsp3) is 0.231. The molecule has 3 heterocycles. The maximum absolute atomic E-state index is 13.1. The van der Waals surface area contributed by atoms with Crippen LogP contribution in [-0.2, 0) is 11.2 Å². The lowest BCUT2D eigenvalue weighted by molar-refractivity contribution is -0.116. The van der Waals surface area contributed by atoms with Gasteiger partial charge in [0.1, 0.15) is 0 Å². The summed E-state index contributed by atoms with van der Waals surface area (Å²) in [6, 6.07) is 20.3. The summed E-state index contributed by atoms with van der Waals surface area (Å²) in [5, 5.41) is 9.69. The Morgan fingerprint density at radius 1 is 1.00 bits per heavy atom. The highest BCUT2D eigenvalue weighted by Gasteiger charge is 2.26. The van der Waals surface area contributed by atoms with Gasteiger partial charge in [0.2, 0.25) is 5.91 Å². The third-order valence-electron chi connectivity index (χ3n) is 5.87. The van der Waals surface area contributed by atoms with Crippen LogP contribution in [0.4, 0.5) is 5.69 Å². The van der Waals surface area contributed by atoms with E-state index < -0.39 is 0 Å². The van der Waals surface area contributed by atoms with Crippen LogP contribution in [0, 0.1) is 0 Å². The number of hydrogen-bond donors (Lipinski definition) is 0. The average Bonchev–Trinajstić information content (AvgIpc) is 3.47. The predicted octanol–water partition coefficient (Wildman–Crippen LogP) is 5.13. The molecule has 0 radical (unpaired) electrons. The maximum atomic E-state index is 13.1. The molecule has 0 fully saturated rings. The lowest BCUT2D eigenvalue weighted by atomic mass is 10.0. The van der Waals surface area contributed by atoms with E-state index >= 15 is 0 Å². The largest absolute Gasteiger partial charge is 0.311 e. The summed E-state index contributed by atoms with van der Waals surface area (Å²) in [4.78, 5) is 19.3. The van der Waals surface area contributed by atoms with E-state index in [-0.39, 0.29) is 5.91 Å². The van der Waals surface area contributed by atoms with Crippen LogP contribution in [0.1, 0.15) is 30.9 Å². The van der Waals surface area contributed by atoms with E-state index in [0.717, 1.165) is 35.7 Å². The van der Waals surface area contributed by atoms with Crippen LogP contribution in [0.25, 0.3) is 17.1 Å². The molecule has 0 atom stereocenters. The number of thioether (sulfide) groups is 1. The third-order valence-corrected chi connectivity index (χ3v) is 6.78. The van der Waals surface area contributed by atoms with Gasteiger partial charge in [-0.2, -0.15) is 0 Å². The number of para-hydroxylation sites is 2. The Balaban J connectivity index is 1.49. The minimum absolute atomic E-state index is 0.0829. The molecule has 1 aliphatic heterocycles. The summed E-state index contributed by atoms with van der Waals surface area (Å²) >= 11 is 1.43. The lowest BCUT2D eigenvalue weighted by Crippen LogP contribution is -2.30. The standard InChI is InChI=1S/C26H25N5OS/c1-18(2)21-10-4-6-12-23(21)31-25(20-9-7-14-27-16-20)28-29-26(31)33-17-24(32)30-15-13-19-8-3-5-11-22(19)30/h3-12,14,16,18H,13,15,17H2,1-2H3. The number of carbonyl (C=O) groups is 1. The Morgan fingerprint density at radius 3 is 2.58 bits per heavy atom. The van der Waals surface area contributed by atoms with Crippen molar-refractivity contribution in [2.24, 2.45) is 0 Å². The molecule has 2 aromatic carbocycles. The minimum Gasteiger partial charge on any atom is -0.311 e. The number of carbonyl (C=O) groups excluding carboxylic acids is 1. The fourth-order valence-electron chi connectivity index (χ4n) is 4.24. The molecule has 0 N–H and O–H groups in total. The summed E-state index contributed by atoms with van der Waals surface area (Å²) in [6.45, 7) is 5.07. The summed E-state index contributed by atoms with van der Waals surface area (Å²) in [5.41, 5.74) is 5.35. The van der Waals surface area contributed by atoms with Gasteiger partial charge >= 0.3 is 0 Å². The quantitative estimate of drug-likeness (QED) is 0.377. The van der Waals surface area contributed by atoms with Crippen molar-refractivity contribution in [3.63, 3.8) is 0 Å². The second-order valence-electron chi connectivity index (χ2n) is 8.31. The van der Waals surface area contributed by atoms with E-state index in [1.807, 2.05) is 47.4 Å². The average molecular weight is 456 g/mol. The number of fused-ring (bicyclic) bond motifs is 1. The number of anilines is 1. The smallest absolute Gasteiger partial charge is 0.237 e. The number of benzene rings is 2. The van der Waals surface area contributed by atoms with Crippen molar-refractivity contribution in [1.29, 1.82) is 0 Å². The zero-order chi connectivity index (χ0) is 22.8. The van der Waals surface area contributed by atoms with E-state index in [9.17, 15) is 4.79 Å². The topological polar surface area (TPSA) is 63.9 Å². The Kier molecular flexibility index (Phi) is 5.96. The summed E-state index contributed by atoms with van der Waals surface area (Å²) < 4.78 is 2.06. The van der Waals surface area contributed by atoms with Crippen LogP contribution < -0.4 is 4.90 Å². The van der Waals surface area contributed by atoms with E-state index in [1.54, 1.807) is 12.4 Å². The third kappa shape index (κ3) is 4.16. The Bertz CT molecular complexity index is 1280. The molecule has 2 aromatic heterocycles. The van der Waals surface area contributed by atoms with Crippen LogP contribution in [0.2, 0.25) is 0 Å². The molecule has 33 heavy (non-hydrogen) atoms. The maximum Gasteiger partial charge on any atom is 0.237 e. The monoisotopic (exact) mass is 455 g/mol. The van der Waals surface area contributed by atoms with Gasteiger partial charge in [0.05, 0.1) is 11.4 Å². The van der Waals surface area contributed by atoms with Gasteiger partial charge < -0.3 is 4.90 Å². The molecule has 7 heteroatoms. The van der Waals surface area contributed by atoms with Crippen LogP contribution in [0.5, 0.6) is 0 Å². The van der Waals surface area contributed by atoms with Crippen molar-refractivity contribution in [2.45, 2.75) is 31.3 Å². The first kappa shape index (κ1) is 21.4. The van der Waals surface area contributed by atoms with E-state index in [2.05, 4.69) is 51.8 Å². The van der Waals surface area contributed by atoms with Gasteiger partial charge in [-0.3, -0.25) is 14.3 Å². The van der Waals surface area contributed by atoms with Crippen molar-refractivity contribution < 1.29 is 4.79 Å². The highest BCUT2D eigenvalue weighted by molar-refractivity contribution is 7.99. The molecule has 1 amide bonds. The number of hydrogen-bond acceptors (Lipinski definition) is 5. The first-order valence-electron chi connectivity index (χ1n) is 11.1. The van der Waals surface area contributed by atoms with Crippen molar-refractivity contribution >= 4 is 23.4 Å². The Hall–Kier alpha value is -3.45. The Labute approximate surface area is 197 Å². The van der Waals surface area contributed by atoms with Gasteiger partial charge in [-0.05, 0) is 47.7 Å². The summed E-state index contributed by atoms with van der Waals surface area (Å²) in [5.74, 6) is 1.42. The van der Waals surface area contributed by atoms with Crippen LogP contribution in [-0.4, -0.2) is 38.0 Å². The van der Waals surface area contributed by atoms with E-state index in [0.29, 0.717) is 16.8 Å². The van der Waals surface area contributed by atoms with E-state index in [1.165, 1.54) is 22.9 Å². The molecule has 166 valence electrons. The van der Waals surface area contributed by atoms with Gasteiger partial charge in [-0.1, -0.05) is 62.0 Å². The first-order chi connectivity index (χ1) is 16.1. The summed E-state index contributed by atoms with van der Waals surface area (Å²) in [6.07, 6.45) is 4.43. The van der Waals surface area contributed by atoms with Crippen molar-refractivity contribution in [3.8, 4) is 17.1 Å². The molecule has 0 unspecified atom stereocenters. The highest BCUT2D eigenvalue weighted by Crippen LogP contribution is 2.33. The molecule has 0 spiro atoms. The SMILES string of the molecule is CC(C)c1ccccc1-n1c(SCC(=O)N2CCc3ccccc32)nnc1-c1cccnc1. The van der Waals surface area contributed by atoms with Crippen LogP contribution in [0.15, 0.2) is 78.2 Å². The molecule has 0 aliphatic carbocycles. The van der Waals surface area contributed by atoms with Crippen LogP contribution in [0.3, 0.4) is 0 Å². The molecular weight excluding hydrogens is 430 g/mol. The van der Waals surface area contributed by atoms with Crippen molar-refractivity contribution in [3.05, 3.63) is 84.2 Å². The predicted molar refractivity (Wildman–Crippen MR) is 132 cm³/mol. The van der Waals surface area contributed by atoms with Gasteiger partial charge in [-0.15, -0.1) is 10.2 Å². The molecule has 5 rings (SSSR count). The second kappa shape index (κ2) is 9.19. The summed E-state index contributed by atoms with van der Waals surface area (Å²) in [7, 11) is 0. The molecule has 4 aromatic rings. The van der Waals surface area contributed by atoms with Gasteiger partial charge in [-0.25, -0.2) is 0 Å². The lowest BCUT2D eigenvalue weighted by Gasteiger charge is -2.18. The first-order valence-corrected chi connectivity index (χ1v) is 12.1. The van der Waals surface area contributed by atoms with Gasteiger partial charge in [0, 0.05) is 30.2 Å². The number of amides is 1. The van der Waals surface area contributed by atoms with Crippen molar-refractivity contribution in [2.75, 3.05) is 17.2 Å². The molecule has 0 saturated heterocycles. The van der Waals surface area contributed by atoms with Crippen molar-refractivity contribution in [1.82, 2.24) is 19.7 Å². The molecule has 0 bridgehead atoms. The normalized spacial score (nSPS) is 12.9. The van der Waals surface area contributed by atoms with Crippen LogP contribution >= 0.6 is 11.8 Å². The number of pyridine rings is 1.